The molecule has 2 N–H and O–H groups in total. The minimum Gasteiger partial charge on any atom is -0.465 e. The highest BCUT2D eigenvalue weighted by atomic mass is 16.5. The number of nitrogens with zero attached hydrogens (tertiary/aromatic N) is 2. The van der Waals surface area contributed by atoms with E-state index in [4.69, 9.17) is 10.5 Å². The third-order valence-electron chi connectivity index (χ3n) is 2.69. The molecule has 0 saturated carbocycles. The van der Waals surface area contributed by atoms with Crippen LogP contribution in [0.3, 0.4) is 0 Å². The number of carbonyl (C=O) groups excluding carboxylic acids is 1. The van der Waals surface area contributed by atoms with Gasteiger partial charge in [-0.15, -0.1) is 0 Å². The molecule has 0 aliphatic heterocycles. The molecule has 0 fully saturated rings. The summed E-state index contributed by atoms with van der Waals surface area (Å²) in [6.45, 7) is 3.84. The van der Waals surface area contributed by atoms with Gasteiger partial charge in [-0.3, -0.25) is 0 Å². The molecule has 2 rings (SSSR count). The van der Waals surface area contributed by atoms with Crippen molar-refractivity contribution in [2.75, 3.05) is 12.8 Å². The maximum absolute atomic E-state index is 11.5. The molecule has 0 radical (unpaired) electrons. The number of nitrogens with two attached hydrogens (primary N) is 1. The normalized spacial score (nSPS) is 10.4. The van der Waals surface area contributed by atoms with Crippen LogP contribution in [0.5, 0.6) is 0 Å². The summed E-state index contributed by atoms with van der Waals surface area (Å²) >= 11 is 0. The minimum absolute atomic E-state index is 0.391. The molecular formula is C13H15N3O2. The van der Waals surface area contributed by atoms with Crippen molar-refractivity contribution in [1.29, 1.82) is 0 Å². The molecular weight excluding hydrogens is 230 g/mol. The predicted molar refractivity (Wildman–Crippen MR) is 68.8 cm³/mol. The van der Waals surface area contributed by atoms with E-state index >= 15 is 0 Å². The maximum atomic E-state index is 11.5. The standard InChI is InChI=1S/C13H15N3O2/c1-8-6-9(2)16(15-8)12-7-10(13(17)18-3)4-5-11(12)14/h4-7H,14H2,1-3H3. The SMILES string of the molecule is COC(=O)c1ccc(N)c(-n2nc(C)cc2C)c1. The van der Waals surface area contributed by atoms with Gasteiger partial charge < -0.3 is 10.5 Å². The van der Waals surface area contributed by atoms with Crippen LogP contribution < -0.4 is 5.73 Å². The summed E-state index contributed by atoms with van der Waals surface area (Å²) in [6.07, 6.45) is 0. The molecule has 18 heavy (non-hydrogen) atoms. The Morgan fingerprint density at radius 2 is 2.06 bits per heavy atom. The van der Waals surface area contributed by atoms with Crippen molar-refractivity contribution in [3.8, 4) is 5.69 Å². The quantitative estimate of drug-likeness (QED) is 0.647. The van der Waals surface area contributed by atoms with E-state index in [1.54, 1.807) is 22.9 Å². The topological polar surface area (TPSA) is 70.1 Å². The van der Waals surface area contributed by atoms with Crippen molar-refractivity contribution in [2.45, 2.75) is 13.8 Å². The summed E-state index contributed by atoms with van der Waals surface area (Å²) in [5.41, 5.74) is 9.49. The van der Waals surface area contributed by atoms with Crippen LogP contribution in [0.15, 0.2) is 24.3 Å². The van der Waals surface area contributed by atoms with Crippen LogP contribution in [-0.2, 0) is 4.74 Å². The van der Waals surface area contributed by atoms with Crippen LogP contribution in [0.25, 0.3) is 5.69 Å². The predicted octanol–water partition coefficient (Wildman–Crippen LogP) is 1.86. The second-order valence-corrected chi connectivity index (χ2v) is 4.10. The Balaban J connectivity index is 2.56. The van der Waals surface area contributed by atoms with Crippen molar-refractivity contribution in [3.05, 3.63) is 41.2 Å². The summed E-state index contributed by atoms with van der Waals surface area (Å²) < 4.78 is 6.41. The second-order valence-electron chi connectivity index (χ2n) is 4.10. The van der Waals surface area contributed by atoms with Crippen molar-refractivity contribution in [3.63, 3.8) is 0 Å². The molecule has 94 valence electrons. The maximum Gasteiger partial charge on any atom is 0.337 e. The number of carbonyl (C=O) groups is 1. The van der Waals surface area contributed by atoms with Crippen molar-refractivity contribution < 1.29 is 9.53 Å². The first-order valence-electron chi connectivity index (χ1n) is 5.54. The van der Waals surface area contributed by atoms with Crippen molar-refractivity contribution >= 4 is 11.7 Å². The van der Waals surface area contributed by atoms with Crippen LogP contribution in [-0.4, -0.2) is 22.9 Å². The number of methoxy groups -OCH3 is 1. The van der Waals surface area contributed by atoms with Gasteiger partial charge in [0.15, 0.2) is 0 Å². The molecule has 0 aliphatic rings. The molecule has 0 saturated heterocycles. The number of esters is 1. The number of nitrogen functional groups attached to an aromatic ring is 1. The molecule has 1 aromatic heterocycles. The summed E-state index contributed by atoms with van der Waals surface area (Å²) in [6, 6.07) is 6.94. The van der Waals surface area contributed by atoms with Crippen LogP contribution in [0, 0.1) is 13.8 Å². The first kappa shape index (κ1) is 12.2. The van der Waals surface area contributed by atoms with Gasteiger partial charge in [-0.1, -0.05) is 0 Å². The number of anilines is 1. The Bertz CT molecular complexity index is 602. The summed E-state index contributed by atoms with van der Waals surface area (Å²) in [7, 11) is 1.35. The van der Waals surface area contributed by atoms with Gasteiger partial charge in [0.2, 0.25) is 0 Å². The number of benzene rings is 1. The molecule has 0 atom stereocenters. The summed E-state index contributed by atoms with van der Waals surface area (Å²) in [4.78, 5) is 11.5. The minimum atomic E-state index is -0.391. The van der Waals surface area contributed by atoms with Crippen LogP contribution in [0.2, 0.25) is 0 Å². The molecule has 5 nitrogen and oxygen atoms in total. The van der Waals surface area contributed by atoms with Crippen molar-refractivity contribution in [2.24, 2.45) is 0 Å². The monoisotopic (exact) mass is 245 g/mol. The third-order valence-corrected chi connectivity index (χ3v) is 2.69. The van der Waals surface area contributed by atoms with Crippen molar-refractivity contribution in [1.82, 2.24) is 9.78 Å². The lowest BCUT2D eigenvalue weighted by atomic mass is 10.1. The van der Waals surface area contributed by atoms with E-state index in [1.165, 1.54) is 7.11 Å². The van der Waals surface area contributed by atoms with Gasteiger partial charge in [-0.05, 0) is 38.1 Å². The molecule has 5 heteroatoms. The Hall–Kier alpha value is -2.30. The first-order chi connectivity index (χ1) is 8.52. The molecule has 0 unspecified atom stereocenters. The zero-order valence-electron chi connectivity index (χ0n) is 10.6. The van der Waals surface area contributed by atoms with Gasteiger partial charge >= 0.3 is 5.97 Å². The average Bonchev–Trinajstić information content (AvgIpc) is 2.68. The fourth-order valence-electron chi connectivity index (χ4n) is 1.84. The van der Waals surface area contributed by atoms with E-state index in [-0.39, 0.29) is 0 Å². The smallest absolute Gasteiger partial charge is 0.337 e. The highest BCUT2D eigenvalue weighted by Gasteiger charge is 2.12. The molecule has 1 aromatic carbocycles. The van der Waals surface area contributed by atoms with E-state index in [2.05, 4.69) is 5.10 Å². The van der Waals surface area contributed by atoms with Gasteiger partial charge in [0.25, 0.3) is 0 Å². The van der Waals surface area contributed by atoms with Crippen LogP contribution in [0.1, 0.15) is 21.7 Å². The van der Waals surface area contributed by atoms with E-state index < -0.39 is 5.97 Å². The summed E-state index contributed by atoms with van der Waals surface area (Å²) in [5, 5.41) is 4.35. The second kappa shape index (κ2) is 4.52. The Morgan fingerprint density at radius 3 is 2.61 bits per heavy atom. The zero-order valence-corrected chi connectivity index (χ0v) is 10.6. The van der Waals surface area contributed by atoms with Gasteiger partial charge in [-0.25, -0.2) is 9.48 Å². The third kappa shape index (κ3) is 2.07. The fourth-order valence-corrected chi connectivity index (χ4v) is 1.84. The van der Waals surface area contributed by atoms with Crippen LogP contribution in [0.4, 0.5) is 5.69 Å². The molecule has 0 amide bonds. The highest BCUT2D eigenvalue weighted by Crippen LogP contribution is 2.21. The number of aromatic nitrogens is 2. The van der Waals surface area contributed by atoms with E-state index in [1.807, 2.05) is 19.9 Å². The Kier molecular flexibility index (Phi) is 3.06. The number of aryl methyl sites for hydroxylation is 2. The lowest BCUT2D eigenvalue weighted by molar-refractivity contribution is 0.0600. The number of hydrogen-bond acceptors (Lipinski definition) is 4. The van der Waals surface area contributed by atoms with Crippen LogP contribution >= 0.6 is 0 Å². The van der Waals surface area contributed by atoms with E-state index in [0.29, 0.717) is 16.9 Å². The number of rotatable bonds is 2. The van der Waals surface area contributed by atoms with E-state index in [0.717, 1.165) is 11.4 Å². The molecule has 0 spiro atoms. The first-order valence-corrected chi connectivity index (χ1v) is 5.54. The van der Waals surface area contributed by atoms with Gasteiger partial charge in [0.1, 0.15) is 0 Å². The van der Waals surface area contributed by atoms with E-state index in [9.17, 15) is 4.79 Å². The van der Waals surface area contributed by atoms with Gasteiger partial charge in [-0.2, -0.15) is 5.10 Å². The summed E-state index contributed by atoms with van der Waals surface area (Å²) in [5.74, 6) is -0.391. The lowest BCUT2D eigenvalue weighted by Crippen LogP contribution is -2.07. The number of ether oxygens (including phenoxy) is 1. The molecule has 0 bridgehead atoms. The zero-order chi connectivity index (χ0) is 13.3. The molecule has 1 heterocycles. The molecule has 2 aromatic rings. The highest BCUT2D eigenvalue weighted by molar-refractivity contribution is 5.91. The lowest BCUT2D eigenvalue weighted by Gasteiger charge is -2.09. The number of hydrogen-bond donors (Lipinski definition) is 1. The molecule has 0 aliphatic carbocycles. The average molecular weight is 245 g/mol. The van der Waals surface area contributed by atoms with Gasteiger partial charge in [0.05, 0.1) is 29.7 Å². The Labute approximate surface area is 105 Å². The van der Waals surface area contributed by atoms with Gasteiger partial charge in [0, 0.05) is 5.69 Å². The Morgan fingerprint density at radius 1 is 1.33 bits per heavy atom. The fraction of sp³-hybridized carbons (Fsp3) is 0.231. The largest absolute Gasteiger partial charge is 0.465 e.